The Kier molecular flexibility index (Phi) is 5.77. The summed E-state index contributed by atoms with van der Waals surface area (Å²) in [5.41, 5.74) is 2.23. The van der Waals surface area contributed by atoms with E-state index in [0.29, 0.717) is 35.6 Å². The van der Waals surface area contributed by atoms with Gasteiger partial charge in [0.1, 0.15) is 11.5 Å². The molecule has 9 heteroatoms. The quantitative estimate of drug-likeness (QED) is 0.565. The van der Waals surface area contributed by atoms with E-state index in [2.05, 4.69) is 10.1 Å². The summed E-state index contributed by atoms with van der Waals surface area (Å²) in [4.78, 5) is 32.3. The minimum Gasteiger partial charge on any atom is -0.466 e. The van der Waals surface area contributed by atoms with Crippen molar-refractivity contribution >= 4 is 23.0 Å². The van der Waals surface area contributed by atoms with Gasteiger partial charge in [-0.2, -0.15) is 0 Å². The number of esters is 1. The van der Waals surface area contributed by atoms with Crippen LogP contribution in [-0.2, 0) is 14.3 Å². The molecule has 0 bridgehead atoms. The second-order valence-corrected chi connectivity index (χ2v) is 8.38. The Morgan fingerprint density at radius 2 is 1.84 bits per heavy atom. The van der Waals surface area contributed by atoms with Crippen molar-refractivity contribution in [2.45, 2.75) is 59.9 Å². The highest BCUT2D eigenvalue weighted by atomic mass is 16.5. The number of amides is 1. The molecular weight excluding hydrogens is 414 g/mol. The van der Waals surface area contributed by atoms with E-state index >= 15 is 0 Å². The number of hydrogen-bond donors (Lipinski definition) is 0. The summed E-state index contributed by atoms with van der Waals surface area (Å²) in [6.45, 7) is 11.7. The predicted molar refractivity (Wildman–Crippen MR) is 115 cm³/mol. The summed E-state index contributed by atoms with van der Waals surface area (Å²) < 4.78 is 22.2. The number of ether oxygens (including phenoxy) is 2. The molecule has 3 aromatic rings. The molecule has 3 atom stereocenters. The molecule has 0 radical (unpaired) electrons. The molecule has 170 valence electrons. The van der Waals surface area contributed by atoms with Crippen molar-refractivity contribution in [3.63, 3.8) is 0 Å². The number of hydrogen-bond acceptors (Lipinski definition) is 8. The summed E-state index contributed by atoms with van der Waals surface area (Å²) in [5.74, 6) is 0.502. The Balaban J connectivity index is 1.63. The lowest BCUT2D eigenvalue weighted by Gasteiger charge is -2.36. The van der Waals surface area contributed by atoms with Gasteiger partial charge >= 0.3 is 5.97 Å². The third-order valence-corrected chi connectivity index (χ3v) is 5.52. The van der Waals surface area contributed by atoms with Crippen molar-refractivity contribution in [3.8, 4) is 11.3 Å². The van der Waals surface area contributed by atoms with Crippen LogP contribution in [0, 0.1) is 20.8 Å². The molecule has 0 aliphatic carbocycles. The van der Waals surface area contributed by atoms with Crippen LogP contribution in [0.3, 0.4) is 0 Å². The normalized spacial score (nSPS) is 19.9. The van der Waals surface area contributed by atoms with E-state index in [1.165, 1.54) is 0 Å². The molecular formula is C23H27N3O6. The molecule has 1 aliphatic heterocycles. The van der Waals surface area contributed by atoms with Crippen LogP contribution < -0.4 is 0 Å². The zero-order chi connectivity index (χ0) is 23.2. The highest BCUT2D eigenvalue weighted by molar-refractivity contribution is 6.05. The van der Waals surface area contributed by atoms with Crippen LogP contribution in [0.4, 0.5) is 0 Å². The molecule has 1 amide bonds. The molecule has 0 spiro atoms. The zero-order valence-corrected chi connectivity index (χ0v) is 19.1. The molecule has 9 nitrogen and oxygen atoms in total. The molecule has 0 N–H and O–H groups in total. The van der Waals surface area contributed by atoms with E-state index < -0.39 is 12.1 Å². The van der Waals surface area contributed by atoms with Crippen molar-refractivity contribution < 1.29 is 28.0 Å². The van der Waals surface area contributed by atoms with E-state index in [9.17, 15) is 9.59 Å². The number of carbonyl (C=O) groups excluding carboxylic acids is 2. The van der Waals surface area contributed by atoms with E-state index in [0.717, 1.165) is 11.3 Å². The van der Waals surface area contributed by atoms with E-state index in [1.807, 2.05) is 33.8 Å². The maximum absolute atomic E-state index is 13.2. The maximum Gasteiger partial charge on any atom is 0.339 e. The van der Waals surface area contributed by atoms with Gasteiger partial charge in [-0.05, 0) is 53.7 Å². The van der Waals surface area contributed by atoms with E-state index in [-0.39, 0.29) is 29.4 Å². The fraction of sp³-hybridized carbons (Fsp3) is 0.478. The second kappa shape index (κ2) is 8.38. The summed E-state index contributed by atoms with van der Waals surface area (Å²) in [5, 5.41) is 4.41. The van der Waals surface area contributed by atoms with Crippen LogP contribution in [0.25, 0.3) is 22.4 Å². The smallest absolute Gasteiger partial charge is 0.339 e. The number of furan rings is 1. The first-order valence-electron chi connectivity index (χ1n) is 10.6. The average Bonchev–Trinajstić information content (AvgIpc) is 3.27. The van der Waals surface area contributed by atoms with Crippen molar-refractivity contribution in [2.24, 2.45) is 0 Å². The number of carbonyl (C=O) groups is 2. The lowest BCUT2D eigenvalue weighted by molar-refractivity contribution is -0.151. The third-order valence-electron chi connectivity index (χ3n) is 5.52. The topological polar surface area (TPSA) is 108 Å². The lowest BCUT2D eigenvalue weighted by atomic mass is 10.1. The SMILES string of the molecule is Cc1cc(-c2cc(C(=O)OC(C)C(=O)N3CC(C)OC(C)C3)c3c(C)noc3n2)c(C)o1. The van der Waals surface area contributed by atoms with Crippen molar-refractivity contribution in [1.82, 2.24) is 15.0 Å². The van der Waals surface area contributed by atoms with Crippen LogP contribution in [0.5, 0.6) is 0 Å². The van der Waals surface area contributed by atoms with Crippen molar-refractivity contribution in [2.75, 3.05) is 13.1 Å². The van der Waals surface area contributed by atoms with Crippen LogP contribution >= 0.6 is 0 Å². The summed E-state index contributed by atoms with van der Waals surface area (Å²) in [7, 11) is 0. The van der Waals surface area contributed by atoms with Gasteiger partial charge in [-0.1, -0.05) is 5.16 Å². The molecule has 4 heterocycles. The molecule has 3 aromatic heterocycles. The number of rotatable bonds is 4. The predicted octanol–water partition coefficient (Wildman–Crippen LogP) is 3.59. The van der Waals surface area contributed by atoms with Gasteiger partial charge in [-0.3, -0.25) is 4.79 Å². The van der Waals surface area contributed by atoms with Crippen LogP contribution in [0.1, 0.15) is 48.3 Å². The Morgan fingerprint density at radius 1 is 1.16 bits per heavy atom. The first-order valence-corrected chi connectivity index (χ1v) is 10.6. The molecule has 1 saturated heterocycles. The highest BCUT2D eigenvalue weighted by Crippen LogP contribution is 2.31. The summed E-state index contributed by atoms with van der Waals surface area (Å²) >= 11 is 0. The minimum atomic E-state index is -0.954. The molecule has 1 fully saturated rings. The summed E-state index contributed by atoms with van der Waals surface area (Å²) in [6, 6.07) is 3.47. The number of fused-ring (bicyclic) bond motifs is 1. The van der Waals surface area contributed by atoms with Gasteiger partial charge in [0.2, 0.25) is 0 Å². The van der Waals surface area contributed by atoms with Gasteiger partial charge in [-0.15, -0.1) is 0 Å². The second-order valence-electron chi connectivity index (χ2n) is 8.38. The molecule has 0 saturated carbocycles. The first-order chi connectivity index (χ1) is 15.1. The van der Waals surface area contributed by atoms with E-state index in [4.69, 9.17) is 18.4 Å². The number of nitrogens with zero attached hydrogens (tertiary/aromatic N) is 3. The molecule has 4 rings (SSSR count). The Labute approximate surface area is 185 Å². The Morgan fingerprint density at radius 3 is 2.47 bits per heavy atom. The molecule has 32 heavy (non-hydrogen) atoms. The van der Waals surface area contributed by atoms with Gasteiger partial charge in [0, 0.05) is 18.7 Å². The van der Waals surface area contributed by atoms with Crippen molar-refractivity contribution in [3.05, 3.63) is 34.9 Å². The van der Waals surface area contributed by atoms with Crippen LogP contribution in [0.15, 0.2) is 21.1 Å². The van der Waals surface area contributed by atoms with Gasteiger partial charge in [0.25, 0.3) is 11.6 Å². The Hall–Kier alpha value is -3.20. The van der Waals surface area contributed by atoms with Gasteiger partial charge in [0.15, 0.2) is 6.10 Å². The maximum atomic E-state index is 13.2. The minimum absolute atomic E-state index is 0.0747. The summed E-state index contributed by atoms with van der Waals surface area (Å²) in [6.07, 6.45) is -1.10. The van der Waals surface area contributed by atoms with Crippen molar-refractivity contribution in [1.29, 1.82) is 0 Å². The molecule has 3 unspecified atom stereocenters. The molecule has 0 aromatic carbocycles. The monoisotopic (exact) mass is 441 g/mol. The Bertz CT molecular complexity index is 1170. The third kappa shape index (κ3) is 4.12. The van der Waals surface area contributed by atoms with Gasteiger partial charge in [0.05, 0.1) is 34.5 Å². The number of aromatic nitrogens is 2. The van der Waals surface area contributed by atoms with Crippen LogP contribution in [-0.4, -0.2) is 58.3 Å². The van der Waals surface area contributed by atoms with E-state index in [1.54, 1.807) is 24.8 Å². The van der Waals surface area contributed by atoms with Crippen LogP contribution in [0.2, 0.25) is 0 Å². The number of aryl methyl sites for hydroxylation is 3. The largest absolute Gasteiger partial charge is 0.466 e. The highest BCUT2D eigenvalue weighted by Gasteiger charge is 2.31. The zero-order valence-electron chi connectivity index (χ0n) is 19.1. The van der Waals surface area contributed by atoms with Gasteiger partial charge in [-0.25, -0.2) is 9.78 Å². The fourth-order valence-corrected chi connectivity index (χ4v) is 4.17. The number of morpholine rings is 1. The number of pyridine rings is 1. The molecule has 1 aliphatic rings. The van der Waals surface area contributed by atoms with Gasteiger partial charge < -0.3 is 23.3 Å². The lowest BCUT2D eigenvalue weighted by Crippen LogP contribution is -2.51. The first kappa shape index (κ1) is 22.0. The average molecular weight is 441 g/mol. The fourth-order valence-electron chi connectivity index (χ4n) is 4.17. The standard InChI is InChI=1S/C23H27N3O6/c1-11-7-17(15(5)30-11)19-8-18(20-14(4)25-32-21(20)24-19)23(28)31-16(6)22(27)26-9-12(2)29-13(3)10-26/h7-8,12-13,16H,9-10H2,1-6H3.